The molecule has 2 fully saturated rings. The number of hydrogen-bond acceptors (Lipinski definition) is 3. The van der Waals surface area contributed by atoms with Crippen LogP contribution >= 0.6 is 0 Å². The largest absolute Gasteiger partial charge is 0.445 e. The molecule has 0 radical (unpaired) electrons. The van der Waals surface area contributed by atoms with Crippen LogP contribution in [0.4, 0.5) is 4.79 Å². The first kappa shape index (κ1) is 17.8. The zero-order valence-corrected chi connectivity index (χ0v) is 14.9. The molecular weight excluding hydrogens is 316 g/mol. The highest BCUT2D eigenvalue weighted by molar-refractivity contribution is 5.85. The zero-order valence-electron chi connectivity index (χ0n) is 14.9. The van der Waals surface area contributed by atoms with Gasteiger partial charge in [-0.15, -0.1) is 0 Å². The molecule has 1 atom stereocenters. The predicted molar refractivity (Wildman–Crippen MR) is 95.8 cm³/mol. The van der Waals surface area contributed by atoms with E-state index in [1.54, 1.807) is 6.92 Å². The lowest BCUT2D eigenvalue weighted by atomic mass is 9.68. The number of amides is 2. The second kappa shape index (κ2) is 8.37. The number of carbonyl (C=O) groups is 2. The molecule has 1 aromatic carbocycles. The third-order valence-corrected chi connectivity index (χ3v) is 5.56. The highest BCUT2D eigenvalue weighted by atomic mass is 16.5. The van der Waals surface area contributed by atoms with Gasteiger partial charge >= 0.3 is 6.09 Å². The predicted octanol–water partition coefficient (Wildman–Crippen LogP) is 3.39. The van der Waals surface area contributed by atoms with Crippen molar-refractivity contribution in [2.24, 2.45) is 11.8 Å². The number of nitrogens with one attached hydrogen (secondary N) is 2. The summed E-state index contributed by atoms with van der Waals surface area (Å²) in [7, 11) is 0. The summed E-state index contributed by atoms with van der Waals surface area (Å²) in [5, 5.41) is 5.82. The van der Waals surface area contributed by atoms with E-state index in [1.165, 1.54) is 38.5 Å². The van der Waals surface area contributed by atoms with E-state index in [4.69, 9.17) is 4.74 Å². The van der Waals surface area contributed by atoms with Crippen molar-refractivity contribution < 1.29 is 14.3 Å². The van der Waals surface area contributed by atoms with E-state index in [9.17, 15) is 9.59 Å². The van der Waals surface area contributed by atoms with Gasteiger partial charge in [0.05, 0.1) is 0 Å². The Morgan fingerprint density at radius 3 is 2.16 bits per heavy atom. The quantitative estimate of drug-likeness (QED) is 0.797. The minimum atomic E-state index is -0.592. The van der Waals surface area contributed by atoms with E-state index in [0.29, 0.717) is 11.8 Å². The lowest BCUT2D eigenvalue weighted by molar-refractivity contribution is -0.124. The Bertz CT molecular complexity index is 568. The summed E-state index contributed by atoms with van der Waals surface area (Å²) in [6.07, 6.45) is 6.82. The first-order chi connectivity index (χ1) is 12.1. The second-order valence-corrected chi connectivity index (χ2v) is 7.34. The standard InChI is InChI=1S/C20H28N2O3/c1-14(21-20(24)25-13-15-7-3-2-4-8-15)19(23)22-18(16-9-5-10-16)17-11-6-12-17/h2-4,7-8,14,16-18H,5-6,9-13H2,1H3,(H,21,24)(H,22,23). The molecule has 0 spiro atoms. The Morgan fingerprint density at radius 2 is 1.64 bits per heavy atom. The number of carbonyl (C=O) groups excluding carboxylic acids is 2. The molecule has 0 bridgehead atoms. The SMILES string of the molecule is CC(NC(=O)OCc1ccccc1)C(=O)NC(C1CCC1)C1CCC1. The number of ether oxygens (including phenoxy) is 1. The monoisotopic (exact) mass is 344 g/mol. The van der Waals surface area contributed by atoms with E-state index < -0.39 is 12.1 Å². The Morgan fingerprint density at radius 1 is 1.04 bits per heavy atom. The number of alkyl carbamates (subject to hydrolysis) is 1. The van der Waals surface area contributed by atoms with Crippen LogP contribution in [0.15, 0.2) is 30.3 Å². The molecule has 2 aliphatic rings. The molecule has 1 unspecified atom stereocenters. The van der Waals surface area contributed by atoms with Gasteiger partial charge in [0.1, 0.15) is 12.6 Å². The summed E-state index contributed by atoms with van der Waals surface area (Å²) in [4.78, 5) is 24.4. The highest BCUT2D eigenvalue weighted by Crippen LogP contribution is 2.39. The lowest BCUT2D eigenvalue weighted by Gasteiger charge is -2.43. The first-order valence-electron chi connectivity index (χ1n) is 9.41. The normalized spacial score (nSPS) is 18.8. The van der Waals surface area contributed by atoms with Crippen molar-refractivity contribution in [1.29, 1.82) is 0 Å². The fourth-order valence-electron chi connectivity index (χ4n) is 3.51. The van der Waals surface area contributed by atoms with Crippen LogP contribution in [-0.2, 0) is 16.1 Å². The van der Waals surface area contributed by atoms with Crippen LogP contribution in [-0.4, -0.2) is 24.1 Å². The van der Waals surface area contributed by atoms with Crippen LogP contribution in [0.1, 0.15) is 51.0 Å². The fraction of sp³-hybridized carbons (Fsp3) is 0.600. The second-order valence-electron chi connectivity index (χ2n) is 7.34. The summed E-state index contributed by atoms with van der Waals surface area (Å²) in [6, 6.07) is 9.18. The van der Waals surface area contributed by atoms with Crippen molar-refractivity contribution >= 4 is 12.0 Å². The van der Waals surface area contributed by atoms with Gasteiger partial charge in [-0.2, -0.15) is 0 Å². The van der Waals surface area contributed by atoms with Crippen LogP contribution in [0.2, 0.25) is 0 Å². The van der Waals surface area contributed by atoms with Gasteiger partial charge in [0.15, 0.2) is 0 Å². The maximum Gasteiger partial charge on any atom is 0.408 e. The number of benzene rings is 1. The first-order valence-corrected chi connectivity index (χ1v) is 9.41. The summed E-state index contributed by atoms with van der Waals surface area (Å²) in [5.41, 5.74) is 0.921. The summed E-state index contributed by atoms with van der Waals surface area (Å²) in [5.74, 6) is 1.12. The highest BCUT2D eigenvalue weighted by Gasteiger charge is 2.37. The molecule has 0 saturated heterocycles. The Balaban J connectivity index is 1.43. The maximum atomic E-state index is 12.5. The van der Waals surface area contributed by atoms with E-state index >= 15 is 0 Å². The molecule has 2 N–H and O–H groups in total. The number of rotatable bonds is 7. The minimum Gasteiger partial charge on any atom is -0.445 e. The smallest absolute Gasteiger partial charge is 0.408 e. The van der Waals surface area contributed by atoms with Gasteiger partial charge in [-0.25, -0.2) is 4.79 Å². The van der Waals surface area contributed by atoms with Gasteiger partial charge < -0.3 is 15.4 Å². The molecule has 136 valence electrons. The molecule has 1 aromatic rings. The van der Waals surface area contributed by atoms with E-state index in [0.717, 1.165) is 5.56 Å². The summed E-state index contributed by atoms with van der Waals surface area (Å²) >= 11 is 0. The van der Waals surface area contributed by atoms with E-state index in [-0.39, 0.29) is 18.6 Å². The van der Waals surface area contributed by atoms with Crippen molar-refractivity contribution in [1.82, 2.24) is 10.6 Å². The van der Waals surface area contributed by atoms with Gasteiger partial charge in [0.25, 0.3) is 0 Å². The van der Waals surface area contributed by atoms with Crippen LogP contribution in [0.5, 0.6) is 0 Å². The van der Waals surface area contributed by atoms with E-state index in [2.05, 4.69) is 10.6 Å². The fourth-order valence-corrected chi connectivity index (χ4v) is 3.51. The third kappa shape index (κ3) is 4.74. The number of hydrogen-bond donors (Lipinski definition) is 2. The minimum absolute atomic E-state index is 0.111. The molecule has 0 aromatic heterocycles. The Labute approximate surface area is 149 Å². The molecule has 5 heteroatoms. The maximum absolute atomic E-state index is 12.5. The van der Waals surface area contributed by atoms with Crippen molar-refractivity contribution in [2.45, 2.75) is 64.1 Å². The summed E-state index contributed by atoms with van der Waals surface area (Å²) < 4.78 is 5.18. The average Bonchev–Trinajstić information content (AvgIpc) is 2.50. The van der Waals surface area contributed by atoms with Crippen LogP contribution in [0.25, 0.3) is 0 Å². The Hall–Kier alpha value is -2.04. The topological polar surface area (TPSA) is 67.4 Å². The third-order valence-electron chi connectivity index (χ3n) is 5.56. The van der Waals surface area contributed by atoms with Crippen molar-refractivity contribution in [3.8, 4) is 0 Å². The molecule has 0 heterocycles. The van der Waals surface area contributed by atoms with Gasteiger partial charge in [0.2, 0.25) is 5.91 Å². The van der Waals surface area contributed by atoms with Crippen molar-refractivity contribution in [3.05, 3.63) is 35.9 Å². The molecule has 25 heavy (non-hydrogen) atoms. The molecule has 2 saturated carbocycles. The lowest BCUT2D eigenvalue weighted by Crippen LogP contribution is -2.54. The molecule has 0 aliphatic heterocycles. The van der Waals surface area contributed by atoms with Crippen LogP contribution in [0.3, 0.4) is 0 Å². The van der Waals surface area contributed by atoms with Gasteiger partial charge in [-0.3, -0.25) is 4.79 Å². The van der Waals surface area contributed by atoms with E-state index in [1.807, 2.05) is 30.3 Å². The Kier molecular flexibility index (Phi) is 5.95. The molecule has 3 rings (SSSR count). The van der Waals surface area contributed by atoms with Crippen LogP contribution in [0, 0.1) is 11.8 Å². The summed E-state index contributed by atoms with van der Waals surface area (Å²) in [6.45, 7) is 1.91. The van der Waals surface area contributed by atoms with Crippen molar-refractivity contribution in [3.63, 3.8) is 0 Å². The van der Waals surface area contributed by atoms with Crippen molar-refractivity contribution in [2.75, 3.05) is 0 Å². The zero-order chi connectivity index (χ0) is 17.6. The molecular formula is C20H28N2O3. The van der Waals surface area contributed by atoms with Gasteiger partial charge in [0, 0.05) is 6.04 Å². The van der Waals surface area contributed by atoms with Gasteiger partial charge in [-0.05, 0) is 50.0 Å². The van der Waals surface area contributed by atoms with Crippen LogP contribution < -0.4 is 10.6 Å². The average molecular weight is 344 g/mol. The molecule has 2 amide bonds. The molecule has 5 nitrogen and oxygen atoms in total. The van der Waals surface area contributed by atoms with Gasteiger partial charge in [-0.1, -0.05) is 43.2 Å². The molecule has 2 aliphatic carbocycles.